The summed E-state index contributed by atoms with van der Waals surface area (Å²) in [4.78, 5) is 14.9. The number of amides is 1. The molecule has 2 aliphatic rings. The normalized spacial score (nSPS) is 17.7. The van der Waals surface area contributed by atoms with Gasteiger partial charge >= 0.3 is 0 Å². The van der Waals surface area contributed by atoms with Gasteiger partial charge in [0.15, 0.2) is 11.5 Å². The average molecular weight is 421 g/mol. The fourth-order valence-corrected chi connectivity index (χ4v) is 4.37. The molecule has 2 aromatic carbocycles. The standard InChI is InChI=1S/C25H24FNO4/c26-20-5-2-1-4-19(20)22-11-8-18(31-22)9-12-25(28)27-13-3-6-21(27)17-7-10-23-24(16-17)30-15-14-29-23/h1-2,4-5,7-8,10-11,16,21H,3,6,9,12-15H2/t21-/m1/s1. The van der Waals surface area contributed by atoms with E-state index in [9.17, 15) is 9.18 Å². The highest BCUT2D eigenvalue weighted by Crippen LogP contribution is 2.38. The number of carbonyl (C=O) groups excluding carboxylic acids is 1. The summed E-state index contributed by atoms with van der Waals surface area (Å²) in [5.41, 5.74) is 1.51. The Kier molecular flexibility index (Phi) is 5.37. The first kappa shape index (κ1) is 19.7. The van der Waals surface area contributed by atoms with E-state index in [0.717, 1.165) is 36.4 Å². The number of halogens is 1. The maximum Gasteiger partial charge on any atom is 0.223 e. The smallest absolute Gasteiger partial charge is 0.223 e. The molecule has 0 N–H and O–H groups in total. The van der Waals surface area contributed by atoms with Crippen molar-refractivity contribution in [2.24, 2.45) is 0 Å². The lowest BCUT2D eigenvalue weighted by Gasteiger charge is -2.26. The SMILES string of the molecule is O=C(CCc1ccc(-c2ccccc2F)o1)N1CCC[C@@H]1c1ccc2c(c1)OCCO2. The number of aryl methyl sites for hydroxylation is 1. The molecule has 2 aliphatic heterocycles. The second-order valence-electron chi connectivity index (χ2n) is 7.89. The zero-order valence-corrected chi connectivity index (χ0v) is 17.2. The van der Waals surface area contributed by atoms with E-state index in [0.29, 0.717) is 43.1 Å². The maximum atomic E-state index is 14.0. The minimum atomic E-state index is -0.321. The third kappa shape index (κ3) is 4.02. The predicted octanol–water partition coefficient (Wildman–Crippen LogP) is 5.15. The van der Waals surface area contributed by atoms with Crippen molar-refractivity contribution in [1.29, 1.82) is 0 Å². The van der Waals surface area contributed by atoms with Crippen molar-refractivity contribution in [3.8, 4) is 22.8 Å². The van der Waals surface area contributed by atoms with Gasteiger partial charge in [0.25, 0.3) is 0 Å². The van der Waals surface area contributed by atoms with Gasteiger partial charge in [0.05, 0.1) is 11.6 Å². The molecule has 1 amide bonds. The van der Waals surface area contributed by atoms with Crippen LogP contribution in [0.4, 0.5) is 4.39 Å². The fraction of sp³-hybridized carbons (Fsp3) is 0.320. The molecule has 0 aliphatic carbocycles. The molecule has 3 heterocycles. The highest BCUT2D eigenvalue weighted by Gasteiger charge is 2.30. The summed E-state index contributed by atoms with van der Waals surface area (Å²) < 4.78 is 31.1. The third-order valence-electron chi connectivity index (χ3n) is 5.91. The topological polar surface area (TPSA) is 51.9 Å². The van der Waals surface area contributed by atoms with Crippen LogP contribution >= 0.6 is 0 Å². The minimum absolute atomic E-state index is 0.0499. The van der Waals surface area contributed by atoms with Crippen molar-refractivity contribution in [3.63, 3.8) is 0 Å². The van der Waals surface area contributed by atoms with Crippen molar-refractivity contribution in [3.05, 3.63) is 71.7 Å². The van der Waals surface area contributed by atoms with E-state index < -0.39 is 0 Å². The Morgan fingerprint density at radius 1 is 1.03 bits per heavy atom. The predicted molar refractivity (Wildman–Crippen MR) is 114 cm³/mol. The van der Waals surface area contributed by atoms with E-state index in [-0.39, 0.29) is 17.8 Å². The van der Waals surface area contributed by atoms with Crippen LogP contribution in [0, 0.1) is 5.82 Å². The minimum Gasteiger partial charge on any atom is -0.486 e. The highest BCUT2D eigenvalue weighted by molar-refractivity contribution is 5.77. The Labute approximate surface area is 180 Å². The molecule has 1 aromatic heterocycles. The van der Waals surface area contributed by atoms with Gasteiger partial charge in [0, 0.05) is 19.4 Å². The number of ether oxygens (including phenoxy) is 2. The van der Waals surface area contributed by atoms with Gasteiger partial charge in [0.2, 0.25) is 5.91 Å². The van der Waals surface area contributed by atoms with Gasteiger partial charge in [-0.3, -0.25) is 4.79 Å². The van der Waals surface area contributed by atoms with E-state index in [1.165, 1.54) is 6.07 Å². The van der Waals surface area contributed by atoms with Crippen molar-refractivity contribution in [1.82, 2.24) is 4.90 Å². The lowest BCUT2D eigenvalue weighted by Crippen LogP contribution is -2.30. The van der Waals surface area contributed by atoms with Gasteiger partial charge in [-0.05, 0) is 54.8 Å². The number of fused-ring (bicyclic) bond motifs is 1. The Bertz CT molecular complexity index is 1090. The molecule has 3 aromatic rings. The van der Waals surface area contributed by atoms with E-state index >= 15 is 0 Å². The highest BCUT2D eigenvalue weighted by atomic mass is 19.1. The Morgan fingerprint density at radius 2 is 1.87 bits per heavy atom. The molecule has 0 saturated carbocycles. The Hall–Kier alpha value is -3.28. The van der Waals surface area contributed by atoms with Gasteiger partial charge in [-0.25, -0.2) is 4.39 Å². The number of hydrogen-bond acceptors (Lipinski definition) is 4. The summed E-state index contributed by atoms with van der Waals surface area (Å²) in [5, 5.41) is 0. The molecule has 6 heteroatoms. The summed E-state index contributed by atoms with van der Waals surface area (Å²) in [6.45, 7) is 1.85. The molecule has 5 nitrogen and oxygen atoms in total. The zero-order chi connectivity index (χ0) is 21.2. The van der Waals surface area contributed by atoms with E-state index in [4.69, 9.17) is 13.9 Å². The van der Waals surface area contributed by atoms with E-state index in [1.807, 2.05) is 29.2 Å². The molecule has 0 bridgehead atoms. The van der Waals surface area contributed by atoms with Crippen LogP contribution in [0.3, 0.4) is 0 Å². The third-order valence-corrected chi connectivity index (χ3v) is 5.91. The quantitative estimate of drug-likeness (QED) is 0.572. The molecular weight excluding hydrogens is 397 g/mol. The van der Waals surface area contributed by atoms with Crippen LogP contribution < -0.4 is 9.47 Å². The molecule has 5 rings (SSSR count). The first-order valence-corrected chi connectivity index (χ1v) is 10.7. The number of furan rings is 1. The molecule has 31 heavy (non-hydrogen) atoms. The molecule has 1 fully saturated rings. The van der Waals surface area contributed by atoms with E-state index in [1.54, 1.807) is 24.3 Å². The van der Waals surface area contributed by atoms with Crippen LogP contribution in [0.1, 0.15) is 36.6 Å². The van der Waals surface area contributed by atoms with Gasteiger partial charge in [-0.1, -0.05) is 18.2 Å². The van der Waals surface area contributed by atoms with Crippen LogP contribution in [-0.2, 0) is 11.2 Å². The molecule has 160 valence electrons. The lowest BCUT2D eigenvalue weighted by molar-refractivity contribution is -0.132. The number of rotatable bonds is 5. The van der Waals surface area contributed by atoms with Gasteiger partial charge in [-0.15, -0.1) is 0 Å². The molecule has 0 unspecified atom stereocenters. The van der Waals surface area contributed by atoms with Gasteiger partial charge in [-0.2, -0.15) is 0 Å². The second-order valence-corrected chi connectivity index (χ2v) is 7.89. The van der Waals surface area contributed by atoms with Crippen LogP contribution in [0.15, 0.2) is 59.0 Å². The number of hydrogen-bond donors (Lipinski definition) is 0. The van der Waals surface area contributed by atoms with Crippen LogP contribution in [-0.4, -0.2) is 30.6 Å². The molecule has 1 atom stereocenters. The number of likely N-dealkylation sites (tertiary alicyclic amines) is 1. The summed E-state index contributed by atoms with van der Waals surface area (Å²) >= 11 is 0. The van der Waals surface area contributed by atoms with Crippen LogP contribution in [0.25, 0.3) is 11.3 Å². The Morgan fingerprint density at radius 3 is 2.74 bits per heavy atom. The first-order valence-electron chi connectivity index (χ1n) is 10.7. The lowest BCUT2D eigenvalue weighted by atomic mass is 10.0. The second kappa shape index (κ2) is 8.46. The summed E-state index contributed by atoms with van der Waals surface area (Å²) in [7, 11) is 0. The number of benzene rings is 2. The van der Waals surface area contributed by atoms with Crippen LogP contribution in [0.2, 0.25) is 0 Å². The maximum absolute atomic E-state index is 14.0. The largest absolute Gasteiger partial charge is 0.486 e. The molecule has 0 radical (unpaired) electrons. The average Bonchev–Trinajstić information content (AvgIpc) is 3.47. The van der Waals surface area contributed by atoms with Crippen molar-refractivity contribution in [2.45, 2.75) is 31.7 Å². The summed E-state index contributed by atoms with van der Waals surface area (Å²) in [5.74, 6) is 2.45. The monoisotopic (exact) mass is 421 g/mol. The van der Waals surface area contributed by atoms with Crippen molar-refractivity contribution < 1.29 is 23.1 Å². The molecule has 1 saturated heterocycles. The first-order chi connectivity index (χ1) is 15.2. The molecule has 0 spiro atoms. The Balaban J connectivity index is 1.25. The number of carbonyl (C=O) groups is 1. The summed E-state index contributed by atoms with van der Waals surface area (Å²) in [6, 6.07) is 16.1. The van der Waals surface area contributed by atoms with Crippen LogP contribution in [0.5, 0.6) is 11.5 Å². The van der Waals surface area contributed by atoms with Crippen molar-refractivity contribution in [2.75, 3.05) is 19.8 Å². The van der Waals surface area contributed by atoms with Crippen molar-refractivity contribution >= 4 is 5.91 Å². The van der Waals surface area contributed by atoms with Gasteiger partial charge in [0.1, 0.15) is 30.6 Å². The zero-order valence-electron chi connectivity index (χ0n) is 17.2. The van der Waals surface area contributed by atoms with E-state index in [2.05, 4.69) is 0 Å². The van der Waals surface area contributed by atoms with Gasteiger partial charge < -0.3 is 18.8 Å². The molecular formula is C25H24FNO4. The fourth-order valence-electron chi connectivity index (χ4n) is 4.37. The number of nitrogens with zero attached hydrogens (tertiary/aromatic N) is 1. The summed E-state index contributed by atoms with van der Waals surface area (Å²) in [6.07, 6.45) is 2.75.